The molecule has 8 nitrogen and oxygen atoms in total. The molecule has 0 spiro atoms. The number of nitrogens with two attached hydrogens (primary N) is 2. The van der Waals surface area contributed by atoms with Gasteiger partial charge in [-0.05, 0) is 12.1 Å². The number of anilines is 2. The first-order valence-electron chi connectivity index (χ1n) is 5.09. The van der Waals surface area contributed by atoms with Crippen LogP contribution in [-0.4, -0.2) is 25.9 Å². The quantitative estimate of drug-likeness (QED) is 0.459. The number of hydrogen-bond donors (Lipinski definition) is 4. The third-order valence-electron chi connectivity index (χ3n) is 2.68. The number of benzene rings is 2. The summed E-state index contributed by atoms with van der Waals surface area (Å²) >= 11 is 0. The molecule has 0 bridgehead atoms. The summed E-state index contributed by atoms with van der Waals surface area (Å²) in [5, 5.41) is -0.316. The molecule has 0 aromatic heterocycles. The Morgan fingerprint density at radius 3 is 1.25 bits per heavy atom. The third-order valence-corrected chi connectivity index (χ3v) is 4.62. The van der Waals surface area contributed by atoms with Crippen LogP contribution in [0, 0.1) is 0 Å². The molecule has 0 fully saturated rings. The van der Waals surface area contributed by atoms with Crippen molar-refractivity contribution in [3.63, 3.8) is 0 Å². The fraction of sp³-hybridized carbons (Fsp3) is 0. The lowest BCUT2D eigenvalue weighted by Crippen LogP contribution is -2.08. The molecule has 0 unspecified atom stereocenters. The SMILES string of the molecule is Nc1ccc2c(S(=O)(=O)O)c(N)ccc2c1S(=O)(=O)O. The van der Waals surface area contributed by atoms with E-state index in [2.05, 4.69) is 0 Å². The summed E-state index contributed by atoms with van der Waals surface area (Å²) in [6.07, 6.45) is 0. The van der Waals surface area contributed by atoms with E-state index < -0.39 is 30.0 Å². The van der Waals surface area contributed by atoms with E-state index in [1.807, 2.05) is 0 Å². The topological polar surface area (TPSA) is 161 Å². The second kappa shape index (κ2) is 4.31. The first-order valence-corrected chi connectivity index (χ1v) is 7.97. The molecular formula is C10H10N2O6S2. The van der Waals surface area contributed by atoms with E-state index in [0.29, 0.717) is 0 Å². The van der Waals surface area contributed by atoms with Gasteiger partial charge >= 0.3 is 0 Å². The Balaban J connectivity index is 3.13. The minimum atomic E-state index is -4.68. The highest BCUT2D eigenvalue weighted by molar-refractivity contribution is 7.86. The summed E-state index contributed by atoms with van der Waals surface area (Å²) in [5.74, 6) is 0. The predicted octanol–water partition coefficient (Wildman–Crippen LogP) is 0.498. The Morgan fingerprint density at radius 2 is 1.00 bits per heavy atom. The minimum absolute atomic E-state index is 0.158. The van der Waals surface area contributed by atoms with Crippen molar-refractivity contribution < 1.29 is 25.9 Å². The Labute approximate surface area is 114 Å². The molecule has 10 heteroatoms. The normalized spacial score (nSPS) is 12.7. The van der Waals surface area contributed by atoms with Gasteiger partial charge in [-0.3, -0.25) is 9.11 Å². The molecule has 6 N–H and O–H groups in total. The van der Waals surface area contributed by atoms with Crippen LogP contribution in [0.1, 0.15) is 0 Å². The van der Waals surface area contributed by atoms with Gasteiger partial charge in [-0.1, -0.05) is 12.1 Å². The van der Waals surface area contributed by atoms with E-state index in [9.17, 15) is 25.9 Å². The molecule has 2 rings (SSSR count). The van der Waals surface area contributed by atoms with Crippen LogP contribution in [0.5, 0.6) is 0 Å². The van der Waals surface area contributed by atoms with E-state index in [-0.39, 0.29) is 22.1 Å². The highest BCUT2D eigenvalue weighted by Crippen LogP contribution is 2.35. The van der Waals surface area contributed by atoms with Crippen LogP contribution in [0.15, 0.2) is 34.1 Å². The average Bonchev–Trinajstić information content (AvgIpc) is 2.25. The standard InChI is InChI=1S/C10H10N2O6S2/c11-7-3-1-5-6(10(7)20(16,17)18)2-4-8(12)9(5)19(13,14)15/h1-4H,11-12H2,(H,13,14,15)(H,16,17,18). The molecule has 0 saturated carbocycles. The van der Waals surface area contributed by atoms with Crippen molar-refractivity contribution in [1.82, 2.24) is 0 Å². The number of rotatable bonds is 2. The molecule has 0 radical (unpaired) electrons. The highest BCUT2D eigenvalue weighted by atomic mass is 32.2. The first kappa shape index (κ1) is 14.5. The van der Waals surface area contributed by atoms with Crippen LogP contribution in [0.2, 0.25) is 0 Å². The Morgan fingerprint density at radius 1 is 0.700 bits per heavy atom. The van der Waals surface area contributed by atoms with E-state index in [1.54, 1.807) is 0 Å². The first-order chi connectivity index (χ1) is 9.03. The van der Waals surface area contributed by atoms with Crippen molar-refractivity contribution in [2.24, 2.45) is 0 Å². The molecule has 0 atom stereocenters. The molecule has 0 saturated heterocycles. The summed E-state index contributed by atoms with van der Waals surface area (Å²) in [5.41, 5.74) is 10.5. The van der Waals surface area contributed by atoms with Crippen molar-refractivity contribution in [3.05, 3.63) is 24.3 Å². The summed E-state index contributed by atoms with van der Waals surface area (Å²) in [6.45, 7) is 0. The minimum Gasteiger partial charge on any atom is -0.398 e. The largest absolute Gasteiger partial charge is 0.398 e. The average molecular weight is 318 g/mol. The number of fused-ring (bicyclic) bond motifs is 1. The maximum atomic E-state index is 11.3. The maximum absolute atomic E-state index is 11.3. The fourth-order valence-electron chi connectivity index (χ4n) is 1.96. The van der Waals surface area contributed by atoms with Crippen LogP contribution >= 0.6 is 0 Å². The van der Waals surface area contributed by atoms with Gasteiger partial charge in [0.1, 0.15) is 9.79 Å². The van der Waals surface area contributed by atoms with Gasteiger partial charge in [0.25, 0.3) is 20.2 Å². The fourth-order valence-corrected chi connectivity index (χ4v) is 3.60. The Bertz CT molecular complexity index is 841. The van der Waals surface area contributed by atoms with Crippen LogP contribution < -0.4 is 11.5 Å². The van der Waals surface area contributed by atoms with Gasteiger partial charge < -0.3 is 11.5 Å². The van der Waals surface area contributed by atoms with E-state index >= 15 is 0 Å². The summed E-state index contributed by atoms with van der Waals surface area (Å²) in [7, 11) is -9.35. The molecule has 0 heterocycles. The van der Waals surface area contributed by atoms with E-state index in [0.717, 1.165) is 12.1 Å². The lowest BCUT2D eigenvalue weighted by atomic mass is 10.1. The van der Waals surface area contributed by atoms with Crippen molar-refractivity contribution >= 4 is 42.4 Å². The van der Waals surface area contributed by atoms with Gasteiger partial charge in [0.15, 0.2) is 0 Å². The lowest BCUT2D eigenvalue weighted by Gasteiger charge is -2.11. The summed E-state index contributed by atoms with van der Waals surface area (Å²) in [6, 6.07) is 4.58. The van der Waals surface area contributed by atoms with Gasteiger partial charge in [0.2, 0.25) is 0 Å². The monoisotopic (exact) mass is 318 g/mol. The Hall–Kier alpha value is -1.88. The van der Waals surface area contributed by atoms with Crippen LogP contribution in [0.3, 0.4) is 0 Å². The van der Waals surface area contributed by atoms with Gasteiger partial charge in [0.05, 0.1) is 11.4 Å². The second-order valence-electron chi connectivity index (χ2n) is 4.01. The summed E-state index contributed by atoms with van der Waals surface area (Å²) in [4.78, 5) is -1.28. The number of nitrogen functional groups attached to an aromatic ring is 2. The summed E-state index contributed by atoms with van der Waals surface area (Å²) < 4.78 is 63.7. The van der Waals surface area contributed by atoms with Gasteiger partial charge in [-0.2, -0.15) is 16.8 Å². The molecule has 2 aromatic carbocycles. The van der Waals surface area contributed by atoms with Crippen molar-refractivity contribution in [2.45, 2.75) is 9.79 Å². The molecule has 0 aliphatic heterocycles. The molecule has 20 heavy (non-hydrogen) atoms. The lowest BCUT2D eigenvalue weighted by molar-refractivity contribution is 0.481. The van der Waals surface area contributed by atoms with Gasteiger partial charge in [-0.15, -0.1) is 0 Å². The second-order valence-corrected chi connectivity index (χ2v) is 6.73. The molecule has 2 aromatic rings. The van der Waals surface area contributed by atoms with Gasteiger partial charge in [-0.25, -0.2) is 0 Å². The zero-order chi connectivity index (χ0) is 15.3. The highest BCUT2D eigenvalue weighted by Gasteiger charge is 2.24. The molecule has 0 amide bonds. The van der Waals surface area contributed by atoms with Crippen LogP contribution in [0.25, 0.3) is 10.8 Å². The Kier molecular flexibility index (Phi) is 3.13. The maximum Gasteiger partial charge on any atom is 0.297 e. The smallest absolute Gasteiger partial charge is 0.297 e. The third kappa shape index (κ3) is 2.29. The molecule has 0 aliphatic carbocycles. The van der Waals surface area contributed by atoms with Crippen molar-refractivity contribution in [1.29, 1.82) is 0 Å². The molecule has 108 valence electrons. The zero-order valence-electron chi connectivity index (χ0n) is 9.81. The van der Waals surface area contributed by atoms with E-state index in [1.165, 1.54) is 12.1 Å². The van der Waals surface area contributed by atoms with E-state index in [4.69, 9.17) is 11.5 Å². The van der Waals surface area contributed by atoms with Crippen LogP contribution in [-0.2, 0) is 20.2 Å². The van der Waals surface area contributed by atoms with Gasteiger partial charge in [0, 0.05) is 10.8 Å². The van der Waals surface area contributed by atoms with Crippen molar-refractivity contribution in [2.75, 3.05) is 11.5 Å². The van der Waals surface area contributed by atoms with Crippen LogP contribution in [0.4, 0.5) is 11.4 Å². The molecular weight excluding hydrogens is 308 g/mol. The molecule has 0 aliphatic rings. The zero-order valence-corrected chi connectivity index (χ0v) is 11.4. The predicted molar refractivity (Wildman–Crippen MR) is 72.4 cm³/mol. The number of hydrogen-bond acceptors (Lipinski definition) is 6. The van der Waals surface area contributed by atoms with Crippen molar-refractivity contribution in [3.8, 4) is 0 Å².